The molecule has 0 aliphatic heterocycles. The molecule has 0 fully saturated rings. The van der Waals surface area contributed by atoms with Gasteiger partial charge >= 0.3 is 19.8 Å². The molecule has 0 radical (unpaired) electrons. The number of aliphatic hydroxyl groups excluding tert-OH is 2. The van der Waals surface area contributed by atoms with E-state index in [4.69, 9.17) is 23.6 Å². The van der Waals surface area contributed by atoms with E-state index in [-0.39, 0.29) is 19.4 Å². The molecule has 0 saturated heterocycles. The lowest BCUT2D eigenvalue weighted by molar-refractivity contribution is -0.161. The Morgan fingerprint density at radius 1 is 0.508 bits per heavy atom. The summed E-state index contributed by atoms with van der Waals surface area (Å²) >= 11 is 0. The van der Waals surface area contributed by atoms with Gasteiger partial charge in [0.2, 0.25) is 0 Å². The van der Waals surface area contributed by atoms with E-state index in [1.165, 1.54) is 116 Å². The highest BCUT2D eigenvalue weighted by Crippen LogP contribution is 2.43. The zero-order chi connectivity index (χ0) is 43.3. The number of phosphoric acid groups is 1. The van der Waals surface area contributed by atoms with Gasteiger partial charge in [0.05, 0.1) is 19.8 Å². The van der Waals surface area contributed by atoms with Crippen LogP contribution in [0.4, 0.5) is 0 Å². The van der Waals surface area contributed by atoms with Crippen molar-refractivity contribution in [3.8, 4) is 0 Å². The second-order valence-corrected chi connectivity index (χ2v) is 17.2. The molecule has 0 bridgehead atoms. The third-order valence-electron chi connectivity index (χ3n) is 9.99. The van der Waals surface area contributed by atoms with E-state index in [0.717, 1.165) is 44.9 Å². The average molecular weight is 855 g/mol. The van der Waals surface area contributed by atoms with Crippen molar-refractivity contribution in [2.24, 2.45) is 0 Å². The SMILES string of the molecule is CCCCC/C=C/C/C=C/C/C=C/C/C=C/CCCC(=O)O[C@H](COC(=O)CCCCCCCCCCCCCCCCCCCCC)COP(=O)(O)OC[C@@H](O)CO. The summed E-state index contributed by atoms with van der Waals surface area (Å²) in [5.74, 6) is -0.984. The second kappa shape index (κ2) is 44.0. The van der Waals surface area contributed by atoms with Crippen LogP contribution in [-0.4, -0.2) is 65.7 Å². The monoisotopic (exact) mass is 855 g/mol. The van der Waals surface area contributed by atoms with Crippen LogP contribution < -0.4 is 0 Å². The molecule has 0 amide bonds. The number of unbranched alkanes of at least 4 members (excludes halogenated alkanes) is 22. The molecule has 59 heavy (non-hydrogen) atoms. The minimum absolute atomic E-state index is 0.109. The number of phosphoric ester groups is 1. The van der Waals surface area contributed by atoms with Crippen molar-refractivity contribution in [3.63, 3.8) is 0 Å². The van der Waals surface area contributed by atoms with E-state index in [1.807, 2.05) is 12.2 Å². The van der Waals surface area contributed by atoms with Gasteiger partial charge in [-0.25, -0.2) is 4.57 Å². The van der Waals surface area contributed by atoms with Crippen molar-refractivity contribution in [3.05, 3.63) is 48.6 Å². The van der Waals surface area contributed by atoms with Crippen LogP contribution in [0, 0.1) is 0 Å². The van der Waals surface area contributed by atoms with Crippen LogP contribution in [0.2, 0.25) is 0 Å². The van der Waals surface area contributed by atoms with Gasteiger partial charge in [-0.05, 0) is 51.4 Å². The van der Waals surface area contributed by atoms with Crippen molar-refractivity contribution in [2.45, 2.75) is 219 Å². The minimum Gasteiger partial charge on any atom is -0.462 e. The first-order chi connectivity index (χ1) is 28.7. The summed E-state index contributed by atoms with van der Waals surface area (Å²) in [6.07, 6.45) is 48.0. The summed E-state index contributed by atoms with van der Waals surface area (Å²) < 4.78 is 32.7. The highest BCUT2D eigenvalue weighted by Gasteiger charge is 2.27. The van der Waals surface area contributed by atoms with Crippen molar-refractivity contribution >= 4 is 19.8 Å². The molecule has 0 saturated carbocycles. The Morgan fingerprint density at radius 3 is 1.37 bits per heavy atom. The number of allylic oxidation sites excluding steroid dienone is 8. The number of carbonyl (C=O) groups excluding carboxylic acids is 2. The standard InChI is InChI=1S/C48H87O10P/c1-3-5-7-9-11-13-15-17-19-21-22-24-25-27-29-31-33-35-37-39-47(51)55-43-46(44-57-59(53,54)56-42-45(50)41-49)58-48(52)40-38-36-34-32-30-28-26-23-20-18-16-14-12-10-8-6-4-2/h12,14,18,20,26,28,32,34,45-46,49-50H,3-11,13,15-17,19,21-25,27,29-31,33,35-44H2,1-2H3,(H,53,54)/b14-12+,20-18+,28-26+,34-32+/t45-,46+/m0/s1. The van der Waals surface area contributed by atoms with E-state index < -0.39 is 51.8 Å². The first-order valence-electron chi connectivity index (χ1n) is 23.6. The number of aliphatic hydroxyl groups is 2. The fourth-order valence-electron chi connectivity index (χ4n) is 6.34. The molecule has 11 heteroatoms. The Bertz CT molecular complexity index is 1120. The quantitative estimate of drug-likeness (QED) is 0.0234. The summed E-state index contributed by atoms with van der Waals surface area (Å²) in [5.41, 5.74) is 0. The van der Waals surface area contributed by atoms with Crippen LogP contribution in [0.25, 0.3) is 0 Å². The molecule has 0 aromatic rings. The molecule has 0 spiro atoms. The Hall–Kier alpha value is -2.07. The van der Waals surface area contributed by atoms with Crippen LogP contribution in [0.3, 0.4) is 0 Å². The summed E-state index contributed by atoms with van der Waals surface area (Å²) in [6.45, 7) is 2.31. The molecule has 0 aromatic heterocycles. The molecule has 0 aromatic carbocycles. The molecule has 0 rings (SSSR count). The summed E-state index contributed by atoms with van der Waals surface area (Å²) in [7, 11) is -4.63. The third-order valence-corrected chi connectivity index (χ3v) is 10.9. The molecule has 0 aliphatic rings. The lowest BCUT2D eigenvalue weighted by atomic mass is 10.0. The first-order valence-corrected chi connectivity index (χ1v) is 25.1. The van der Waals surface area contributed by atoms with E-state index in [0.29, 0.717) is 19.3 Å². The Labute approximate surface area is 360 Å². The van der Waals surface area contributed by atoms with Gasteiger partial charge in [-0.1, -0.05) is 191 Å². The number of ether oxygens (including phenoxy) is 2. The molecule has 1 unspecified atom stereocenters. The van der Waals surface area contributed by atoms with Gasteiger partial charge in [0.15, 0.2) is 6.10 Å². The van der Waals surface area contributed by atoms with Crippen molar-refractivity contribution < 1.29 is 47.8 Å². The van der Waals surface area contributed by atoms with Crippen LogP contribution in [0.5, 0.6) is 0 Å². The smallest absolute Gasteiger partial charge is 0.462 e. The summed E-state index contributed by atoms with van der Waals surface area (Å²) in [5, 5.41) is 18.4. The number of hydrogen-bond acceptors (Lipinski definition) is 9. The Balaban J connectivity index is 4.30. The number of rotatable bonds is 44. The molecular weight excluding hydrogens is 767 g/mol. The van der Waals surface area contributed by atoms with Crippen LogP contribution in [-0.2, 0) is 32.7 Å². The van der Waals surface area contributed by atoms with Crippen molar-refractivity contribution in [1.82, 2.24) is 0 Å². The van der Waals surface area contributed by atoms with E-state index in [2.05, 4.69) is 50.3 Å². The Kier molecular flexibility index (Phi) is 42.5. The highest BCUT2D eigenvalue weighted by atomic mass is 31.2. The van der Waals surface area contributed by atoms with Crippen LogP contribution >= 0.6 is 7.82 Å². The highest BCUT2D eigenvalue weighted by molar-refractivity contribution is 7.47. The average Bonchev–Trinajstić information content (AvgIpc) is 3.22. The predicted octanol–water partition coefficient (Wildman–Crippen LogP) is 12.9. The van der Waals surface area contributed by atoms with E-state index in [1.54, 1.807) is 0 Å². The van der Waals surface area contributed by atoms with Crippen LogP contribution in [0.15, 0.2) is 48.6 Å². The number of esters is 2. The molecular formula is C48H87O10P. The molecule has 0 heterocycles. The van der Waals surface area contributed by atoms with Crippen LogP contribution in [0.1, 0.15) is 206 Å². The van der Waals surface area contributed by atoms with Crippen molar-refractivity contribution in [1.29, 1.82) is 0 Å². The van der Waals surface area contributed by atoms with Gasteiger partial charge in [-0.3, -0.25) is 18.6 Å². The minimum atomic E-state index is -4.63. The fourth-order valence-corrected chi connectivity index (χ4v) is 7.13. The van der Waals surface area contributed by atoms with E-state index in [9.17, 15) is 24.2 Å². The zero-order valence-electron chi connectivity index (χ0n) is 37.5. The fraction of sp³-hybridized carbons (Fsp3) is 0.792. The predicted molar refractivity (Wildman–Crippen MR) is 242 cm³/mol. The maximum absolute atomic E-state index is 12.6. The van der Waals surface area contributed by atoms with Gasteiger partial charge in [0.1, 0.15) is 12.7 Å². The molecule has 0 aliphatic carbocycles. The number of carbonyl (C=O) groups is 2. The second-order valence-electron chi connectivity index (χ2n) is 15.8. The van der Waals surface area contributed by atoms with Gasteiger partial charge in [0, 0.05) is 12.8 Å². The molecule has 344 valence electrons. The molecule has 3 N–H and O–H groups in total. The maximum Gasteiger partial charge on any atom is 0.472 e. The maximum atomic E-state index is 12.6. The van der Waals surface area contributed by atoms with Crippen molar-refractivity contribution in [2.75, 3.05) is 26.4 Å². The number of hydrogen-bond donors (Lipinski definition) is 3. The molecule has 3 atom stereocenters. The molecule has 10 nitrogen and oxygen atoms in total. The Morgan fingerprint density at radius 2 is 0.898 bits per heavy atom. The van der Waals surface area contributed by atoms with E-state index >= 15 is 0 Å². The first kappa shape index (κ1) is 56.9. The zero-order valence-corrected chi connectivity index (χ0v) is 38.4. The largest absolute Gasteiger partial charge is 0.472 e. The normalized spacial score (nSPS) is 14.2. The third kappa shape index (κ3) is 43.8. The lowest BCUT2D eigenvalue weighted by Gasteiger charge is -2.20. The summed E-state index contributed by atoms with van der Waals surface area (Å²) in [4.78, 5) is 35.0. The lowest BCUT2D eigenvalue weighted by Crippen LogP contribution is -2.29. The van der Waals surface area contributed by atoms with Gasteiger partial charge in [0.25, 0.3) is 0 Å². The van der Waals surface area contributed by atoms with Gasteiger partial charge in [-0.2, -0.15) is 0 Å². The topological polar surface area (TPSA) is 149 Å². The summed E-state index contributed by atoms with van der Waals surface area (Å²) in [6, 6.07) is 0. The van der Waals surface area contributed by atoms with Gasteiger partial charge < -0.3 is 24.6 Å². The van der Waals surface area contributed by atoms with Gasteiger partial charge in [-0.15, -0.1) is 0 Å².